The fourth-order valence-corrected chi connectivity index (χ4v) is 2.70. The second kappa shape index (κ2) is 6.35. The number of carbonyl (C=O) groups excluding carboxylic acids is 2. The van der Waals surface area contributed by atoms with Gasteiger partial charge in [-0.25, -0.2) is 14.1 Å². The highest BCUT2D eigenvalue weighted by Gasteiger charge is 2.39. The molecule has 1 atom stereocenters. The summed E-state index contributed by atoms with van der Waals surface area (Å²) in [6, 6.07) is 8.80. The highest BCUT2D eigenvalue weighted by Crippen LogP contribution is 2.26. The zero-order valence-electron chi connectivity index (χ0n) is 13.3. The van der Waals surface area contributed by atoms with Crippen LogP contribution in [-0.4, -0.2) is 28.9 Å². The van der Waals surface area contributed by atoms with E-state index in [1.165, 1.54) is 36.4 Å². The third-order valence-electron chi connectivity index (χ3n) is 4.05. The molecule has 7 heteroatoms. The molecule has 2 aromatic carbocycles. The van der Waals surface area contributed by atoms with E-state index in [9.17, 15) is 18.8 Å². The Kier molecular flexibility index (Phi) is 4.22. The van der Waals surface area contributed by atoms with E-state index in [4.69, 9.17) is 5.11 Å². The van der Waals surface area contributed by atoms with Gasteiger partial charge >= 0.3 is 5.97 Å². The number of amides is 2. The van der Waals surface area contributed by atoms with Crippen molar-refractivity contribution in [2.45, 2.75) is 19.4 Å². The number of carbonyl (C=O) groups is 3. The van der Waals surface area contributed by atoms with Gasteiger partial charge in [-0.3, -0.25) is 9.59 Å². The number of rotatable bonds is 4. The number of nitrogens with zero attached hydrogens (tertiary/aromatic N) is 1. The molecule has 1 aliphatic heterocycles. The normalized spacial score (nSPS) is 17.0. The van der Waals surface area contributed by atoms with Gasteiger partial charge in [-0.2, -0.15) is 0 Å². The van der Waals surface area contributed by atoms with Crippen molar-refractivity contribution in [3.63, 3.8) is 0 Å². The molecule has 128 valence electrons. The summed E-state index contributed by atoms with van der Waals surface area (Å²) in [4.78, 5) is 36.9. The first kappa shape index (κ1) is 16.6. The van der Waals surface area contributed by atoms with Gasteiger partial charge in [0.15, 0.2) is 0 Å². The van der Waals surface area contributed by atoms with Crippen LogP contribution in [0.4, 0.5) is 15.8 Å². The first-order valence-electron chi connectivity index (χ1n) is 7.59. The van der Waals surface area contributed by atoms with E-state index in [1.54, 1.807) is 13.0 Å². The van der Waals surface area contributed by atoms with Gasteiger partial charge in [-0.15, -0.1) is 0 Å². The summed E-state index contributed by atoms with van der Waals surface area (Å²) in [6.07, 6.45) is -0.0626. The number of nitrogens with one attached hydrogen (secondary N) is 1. The first-order chi connectivity index (χ1) is 11.9. The molecule has 0 spiro atoms. The number of aryl methyl sites for hydroxylation is 1. The SMILES string of the molecule is Cc1ccc(C(=O)O)cc1N[C@@H]1CC(=O)N(c2ccc(F)cc2)C1=O. The standard InChI is InChI=1S/C18H15FN2O4/c1-10-2-3-11(18(24)25)8-14(10)20-15-9-16(22)21(17(15)23)13-6-4-12(19)5-7-13/h2-8,15,20H,9H2,1H3,(H,24,25)/t15-/m1/s1. The van der Waals surface area contributed by atoms with Crippen molar-refractivity contribution in [2.24, 2.45) is 0 Å². The molecule has 0 aliphatic carbocycles. The Bertz CT molecular complexity index is 864. The Hall–Kier alpha value is -3.22. The number of benzene rings is 2. The summed E-state index contributed by atoms with van der Waals surface area (Å²) < 4.78 is 13.0. The number of aromatic carboxylic acids is 1. The molecule has 2 amide bonds. The summed E-state index contributed by atoms with van der Waals surface area (Å²) in [5.41, 5.74) is 1.62. The summed E-state index contributed by atoms with van der Waals surface area (Å²) in [7, 11) is 0. The number of carboxylic acids is 1. The van der Waals surface area contributed by atoms with Gasteiger partial charge in [0, 0.05) is 5.69 Å². The maximum absolute atomic E-state index is 13.0. The molecule has 1 aliphatic rings. The molecule has 0 unspecified atom stereocenters. The fraction of sp³-hybridized carbons (Fsp3) is 0.167. The fourth-order valence-electron chi connectivity index (χ4n) is 2.70. The van der Waals surface area contributed by atoms with Crippen molar-refractivity contribution in [3.8, 4) is 0 Å². The molecule has 0 aromatic heterocycles. The van der Waals surface area contributed by atoms with Crippen LogP contribution in [0.15, 0.2) is 42.5 Å². The van der Waals surface area contributed by atoms with E-state index < -0.39 is 29.6 Å². The monoisotopic (exact) mass is 342 g/mol. The highest BCUT2D eigenvalue weighted by molar-refractivity contribution is 6.23. The maximum Gasteiger partial charge on any atom is 0.335 e. The third-order valence-corrected chi connectivity index (χ3v) is 4.05. The lowest BCUT2D eigenvalue weighted by Crippen LogP contribution is -2.35. The van der Waals surface area contributed by atoms with E-state index in [0.717, 1.165) is 10.5 Å². The molecule has 3 rings (SSSR count). The van der Waals surface area contributed by atoms with Crippen molar-refractivity contribution >= 4 is 29.2 Å². The van der Waals surface area contributed by atoms with Gasteiger partial charge in [-0.05, 0) is 48.9 Å². The average molecular weight is 342 g/mol. The Morgan fingerprint density at radius 2 is 1.88 bits per heavy atom. The van der Waals surface area contributed by atoms with Crippen LogP contribution in [0.25, 0.3) is 0 Å². The van der Waals surface area contributed by atoms with Crippen molar-refractivity contribution in [1.82, 2.24) is 0 Å². The molecule has 1 heterocycles. The lowest BCUT2D eigenvalue weighted by Gasteiger charge is -2.17. The minimum Gasteiger partial charge on any atom is -0.478 e. The topological polar surface area (TPSA) is 86.7 Å². The van der Waals surface area contributed by atoms with Crippen molar-refractivity contribution in [2.75, 3.05) is 10.2 Å². The average Bonchev–Trinajstić information content (AvgIpc) is 2.84. The Morgan fingerprint density at radius 1 is 1.20 bits per heavy atom. The quantitative estimate of drug-likeness (QED) is 0.834. The predicted molar refractivity (Wildman–Crippen MR) is 89.1 cm³/mol. The number of hydrogen-bond acceptors (Lipinski definition) is 4. The summed E-state index contributed by atoms with van der Waals surface area (Å²) in [6.45, 7) is 1.77. The van der Waals surface area contributed by atoms with Crippen molar-refractivity contribution in [1.29, 1.82) is 0 Å². The number of carboxylic acid groups (broad SMARTS) is 1. The van der Waals surface area contributed by atoms with E-state index in [2.05, 4.69) is 5.32 Å². The maximum atomic E-state index is 13.0. The zero-order valence-corrected chi connectivity index (χ0v) is 13.3. The third kappa shape index (κ3) is 3.21. The van der Waals surface area contributed by atoms with Crippen LogP contribution in [0.3, 0.4) is 0 Å². The number of halogens is 1. The van der Waals surface area contributed by atoms with Crippen LogP contribution in [0.5, 0.6) is 0 Å². The van der Waals surface area contributed by atoms with Crippen LogP contribution in [0, 0.1) is 12.7 Å². The van der Waals surface area contributed by atoms with Crippen LogP contribution in [-0.2, 0) is 9.59 Å². The van der Waals surface area contributed by atoms with Gasteiger partial charge in [-0.1, -0.05) is 6.07 Å². The van der Waals surface area contributed by atoms with Crippen molar-refractivity contribution < 1.29 is 23.9 Å². The second-order valence-electron chi connectivity index (χ2n) is 5.78. The van der Waals surface area contributed by atoms with Gasteiger partial charge in [0.25, 0.3) is 5.91 Å². The molecule has 0 radical (unpaired) electrons. The van der Waals surface area contributed by atoms with Gasteiger partial charge in [0.1, 0.15) is 11.9 Å². The summed E-state index contributed by atoms with van der Waals surface area (Å²) in [5, 5.41) is 12.0. The molecule has 2 N–H and O–H groups in total. The largest absolute Gasteiger partial charge is 0.478 e. The van der Waals surface area contributed by atoms with Crippen molar-refractivity contribution in [3.05, 3.63) is 59.4 Å². The number of hydrogen-bond donors (Lipinski definition) is 2. The van der Waals surface area contributed by atoms with E-state index >= 15 is 0 Å². The van der Waals surface area contributed by atoms with Gasteiger partial charge in [0.2, 0.25) is 5.91 Å². The predicted octanol–water partition coefficient (Wildman–Crippen LogP) is 2.58. The van der Waals surface area contributed by atoms with Gasteiger partial charge < -0.3 is 10.4 Å². The van der Waals surface area contributed by atoms with Gasteiger partial charge in [0.05, 0.1) is 17.7 Å². The molecule has 1 fully saturated rings. The molecule has 25 heavy (non-hydrogen) atoms. The Balaban J connectivity index is 1.84. The molecule has 6 nitrogen and oxygen atoms in total. The highest BCUT2D eigenvalue weighted by atomic mass is 19.1. The minimum absolute atomic E-state index is 0.0626. The minimum atomic E-state index is -1.08. The number of imide groups is 1. The van der Waals surface area contributed by atoms with Crippen LogP contribution < -0.4 is 10.2 Å². The molecular formula is C18H15FN2O4. The van der Waals surface area contributed by atoms with E-state index in [0.29, 0.717) is 11.4 Å². The van der Waals surface area contributed by atoms with Crippen LogP contribution in [0.2, 0.25) is 0 Å². The lowest BCUT2D eigenvalue weighted by atomic mass is 10.1. The second-order valence-corrected chi connectivity index (χ2v) is 5.78. The molecule has 0 bridgehead atoms. The van der Waals surface area contributed by atoms with E-state index in [-0.39, 0.29) is 12.0 Å². The van der Waals surface area contributed by atoms with Crippen LogP contribution in [0.1, 0.15) is 22.3 Å². The van der Waals surface area contributed by atoms with Crippen LogP contribution >= 0.6 is 0 Å². The number of anilines is 2. The molecule has 2 aromatic rings. The smallest absolute Gasteiger partial charge is 0.335 e. The molecule has 0 saturated carbocycles. The molecular weight excluding hydrogens is 327 g/mol. The Labute approximate surface area is 142 Å². The summed E-state index contributed by atoms with van der Waals surface area (Å²) >= 11 is 0. The van der Waals surface area contributed by atoms with E-state index in [1.807, 2.05) is 0 Å². The lowest BCUT2D eigenvalue weighted by molar-refractivity contribution is -0.121. The molecule has 1 saturated heterocycles. The first-order valence-corrected chi connectivity index (χ1v) is 7.59. The zero-order chi connectivity index (χ0) is 18.1. The summed E-state index contributed by atoms with van der Waals surface area (Å²) in [5.74, 6) is -2.40. The Morgan fingerprint density at radius 3 is 2.52 bits per heavy atom.